The number of carbonyl (C=O) groups is 1. The zero-order valence-corrected chi connectivity index (χ0v) is 13.9. The second-order valence-corrected chi connectivity index (χ2v) is 5.94. The maximum absolute atomic E-state index is 12.8. The largest absolute Gasteiger partial charge is 0.376 e. The van der Waals surface area contributed by atoms with E-state index in [9.17, 15) is 9.18 Å². The Balaban J connectivity index is 1.42. The Labute approximate surface area is 145 Å². The molecule has 0 spiro atoms. The summed E-state index contributed by atoms with van der Waals surface area (Å²) in [6.45, 7) is 1.96. The highest BCUT2D eigenvalue weighted by molar-refractivity contribution is 5.91. The number of nitrogens with zero attached hydrogens (tertiary/aromatic N) is 2. The molecule has 2 N–H and O–H groups in total. The minimum atomic E-state index is -0.278. The first-order valence-electron chi connectivity index (χ1n) is 8.41. The van der Waals surface area contributed by atoms with Crippen molar-refractivity contribution < 1.29 is 13.9 Å². The van der Waals surface area contributed by atoms with E-state index in [1.54, 1.807) is 18.3 Å². The van der Waals surface area contributed by atoms with Crippen LogP contribution in [0.15, 0.2) is 36.7 Å². The van der Waals surface area contributed by atoms with E-state index in [0.717, 1.165) is 25.0 Å². The van der Waals surface area contributed by atoms with E-state index >= 15 is 0 Å². The number of aromatic nitrogens is 2. The van der Waals surface area contributed by atoms with E-state index < -0.39 is 0 Å². The number of hydrogen-bond donors (Lipinski definition) is 2. The number of hydrogen-bond acceptors (Lipinski definition) is 5. The SMILES string of the molecule is O=C(NCCc1ccc(F)cc1)c1cnc(NCC2CCCO2)cn1. The second-order valence-electron chi connectivity index (χ2n) is 5.94. The molecule has 25 heavy (non-hydrogen) atoms. The molecule has 2 aromatic rings. The molecule has 1 aromatic carbocycles. The van der Waals surface area contributed by atoms with Gasteiger partial charge in [0, 0.05) is 19.7 Å². The van der Waals surface area contributed by atoms with Crippen LogP contribution in [-0.4, -0.2) is 41.7 Å². The summed E-state index contributed by atoms with van der Waals surface area (Å²) in [7, 11) is 0. The third-order valence-corrected chi connectivity index (χ3v) is 4.03. The molecule has 1 fully saturated rings. The van der Waals surface area contributed by atoms with E-state index in [1.165, 1.54) is 18.3 Å². The van der Waals surface area contributed by atoms with Crippen LogP contribution in [-0.2, 0) is 11.2 Å². The van der Waals surface area contributed by atoms with E-state index in [0.29, 0.717) is 25.3 Å². The molecule has 1 saturated heterocycles. The number of carbonyl (C=O) groups excluding carboxylic acids is 1. The lowest BCUT2D eigenvalue weighted by atomic mass is 10.1. The lowest BCUT2D eigenvalue weighted by Crippen LogP contribution is -2.27. The van der Waals surface area contributed by atoms with E-state index in [-0.39, 0.29) is 23.5 Å². The van der Waals surface area contributed by atoms with Crippen LogP contribution in [0.1, 0.15) is 28.9 Å². The first-order valence-corrected chi connectivity index (χ1v) is 8.41. The molecule has 1 aliphatic heterocycles. The Morgan fingerprint density at radius 2 is 2.08 bits per heavy atom. The van der Waals surface area contributed by atoms with Crippen molar-refractivity contribution >= 4 is 11.7 Å². The predicted molar refractivity (Wildman–Crippen MR) is 91.9 cm³/mol. The average molecular weight is 344 g/mol. The van der Waals surface area contributed by atoms with Crippen LogP contribution < -0.4 is 10.6 Å². The van der Waals surface area contributed by atoms with Gasteiger partial charge in [-0.05, 0) is 37.0 Å². The molecule has 7 heteroatoms. The fourth-order valence-corrected chi connectivity index (χ4v) is 2.62. The van der Waals surface area contributed by atoms with Crippen LogP contribution in [0.5, 0.6) is 0 Å². The van der Waals surface area contributed by atoms with Crippen molar-refractivity contribution in [2.24, 2.45) is 0 Å². The van der Waals surface area contributed by atoms with Crippen molar-refractivity contribution in [1.29, 1.82) is 0 Å². The molecule has 3 rings (SSSR count). The lowest BCUT2D eigenvalue weighted by molar-refractivity contribution is 0.0948. The van der Waals surface area contributed by atoms with Crippen molar-refractivity contribution in [1.82, 2.24) is 15.3 Å². The van der Waals surface area contributed by atoms with Gasteiger partial charge in [0.15, 0.2) is 0 Å². The quantitative estimate of drug-likeness (QED) is 0.805. The molecular weight excluding hydrogens is 323 g/mol. The van der Waals surface area contributed by atoms with Crippen molar-refractivity contribution in [3.05, 3.63) is 53.7 Å². The third-order valence-electron chi connectivity index (χ3n) is 4.03. The van der Waals surface area contributed by atoms with E-state index in [1.807, 2.05) is 0 Å². The fourth-order valence-electron chi connectivity index (χ4n) is 2.62. The molecule has 2 heterocycles. The summed E-state index contributed by atoms with van der Waals surface area (Å²) in [5.41, 5.74) is 1.23. The minimum absolute atomic E-state index is 0.219. The number of rotatable bonds is 7. The molecule has 0 aliphatic carbocycles. The molecule has 1 aliphatic rings. The zero-order chi connectivity index (χ0) is 17.5. The maximum Gasteiger partial charge on any atom is 0.271 e. The van der Waals surface area contributed by atoms with Gasteiger partial charge in [-0.25, -0.2) is 14.4 Å². The van der Waals surface area contributed by atoms with Crippen molar-refractivity contribution in [2.75, 3.05) is 25.0 Å². The van der Waals surface area contributed by atoms with Crippen LogP contribution in [0.25, 0.3) is 0 Å². The summed E-state index contributed by atoms with van der Waals surface area (Å²) in [5, 5.41) is 5.94. The van der Waals surface area contributed by atoms with Crippen molar-refractivity contribution in [2.45, 2.75) is 25.4 Å². The Hall–Kier alpha value is -2.54. The third kappa shape index (κ3) is 5.22. The van der Waals surface area contributed by atoms with Crippen LogP contribution in [0, 0.1) is 5.82 Å². The summed E-state index contributed by atoms with van der Waals surface area (Å²) >= 11 is 0. The maximum atomic E-state index is 12.8. The Morgan fingerprint density at radius 3 is 2.76 bits per heavy atom. The smallest absolute Gasteiger partial charge is 0.271 e. The summed E-state index contributed by atoms with van der Waals surface area (Å²) < 4.78 is 18.4. The van der Waals surface area contributed by atoms with Gasteiger partial charge < -0.3 is 15.4 Å². The number of amides is 1. The standard InChI is InChI=1S/C18H21FN4O2/c19-14-5-3-13(4-6-14)7-8-20-18(24)16-11-23-17(12-21-16)22-10-15-2-1-9-25-15/h3-6,11-12,15H,1-2,7-10H2,(H,20,24)(H,22,23). The highest BCUT2D eigenvalue weighted by atomic mass is 19.1. The predicted octanol–water partition coefficient (Wildman–Crippen LogP) is 2.18. The van der Waals surface area contributed by atoms with Crippen molar-refractivity contribution in [3.8, 4) is 0 Å². The molecule has 0 bridgehead atoms. The number of nitrogens with one attached hydrogen (secondary N) is 2. The normalized spacial score (nSPS) is 16.6. The number of halogens is 1. The molecule has 1 aromatic heterocycles. The average Bonchev–Trinajstić information content (AvgIpc) is 3.15. The Kier molecular flexibility index (Phi) is 5.90. The first-order chi connectivity index (χ1) is 12.2. The van der Waals surface area contributed by atoms with Gasteiger partial charge >= 0.3 is 0 Å². The van der Waals surface area contributed by atoms with Gasteiger partial charge in [0.2, 0.25) is 0 Å². The van der Waals surface area contributed by atoms with Gasteiger partial charge in [-0.3, -0.25) is 4.79 Å². The lowest BCUT2D eigenvalue weighted by Gasteiger charge is -2.11. The van der Waals surface area contributed by atoms with Gasteiger partial charge in [-0.1, -0.05) is 12.1 Å². The molecule has 1 unspecified atom stereocenters. The number of benzene rings is 1. The monoisotopic (exact) mass is 344 g/mol. The molecule has 0 saturated carbocycles. The van der Waals surface area contributed by atoms with E-state index in [4.69, 9.17) is 4.74 Å². The van der Waals surface area contributed by atoms with Gasteiger partial charge in [0.25, 0.3) is 5.91 Å². The fraction of sp³-hybridized carbons (Fsp3) is 0.389. The summed E-state index contributed by atoms with van der Waals surface area (Å²) in [6, 6.07) is 6.22. The van der Waals surface area contributed by atoms with E-state index in [2.05, 4.69) is 20.6 Å². The van der Waals surface area contributed by atoms with Gasteiger partial charge in [0.05, 0.1) is 18.5 Å². The Morgan fingerprint density at radius 1 is 1.24 bits per heavy atom. The first kappa shape index (κ1) is 17.3. The molecule has 1 atom stereocenters. The molecular formula is C18H21FN4O2. The van der Waals surface area contributed by atoms with Crippen LogP contribution in [0.4, 0.5) is 10.2 Å². The Bertz CT molecular complexity index is 685. The summed E-state index contributed by atoms with van der Waals surface area (Å²) in [4.78, 5) is 20.4. The van der Waals surface area contributed by atoms with Crippen molar-refractivity contribution in [3.63, 3.8) is 0 Å². The van der Waals surface area contributed by atoms with Gasteiger partial charge in [0.1, 0.15) is 17.3 Å². The van der Waals surface area contributed by atoms with Crippen LogP contribution >= 0.6 is 0 Å². The van der Waals surface area contributed by atoms with Crippen LogP contribution in [0.2, 0.25) is 0 Å². The van der Waals surface area contributed by atoms with Crippen LogP contribution in [0.3, 0.4) is 0 Å². The van der Waals surface area contributed by atoms with Gasteiger partial charge in [-0.2, -0.15) is 0 Å². The number of anilines is 1. The molecule has 6 nitrogen and oxygen atoms in total. The second kappa shape index (κ2) is 8.53. The van der Waals surface area contributed by atoms with Gasteiger partial charge in [-0.15, -0.1) is 0 Å². The topological polar surface area (TPSA) is 76.1 Å². The number of ether oxygens (including phenoxy) is 1. The zero-order valence-electron chi connectivity index (χ0n) is 13.9. The highest BCUT2D eigenvalue weighted by Gasteiger charge is 2.15. The summed E-state index contributed by atoms with van der Waals surface area (Å²) in [6.07, 6.45) is 5.98. The summed E-state index contributed by atoms with van der Waals surface area (Å²) in [5.74, 6) is 0.0786. The molecule has 0 radical (unpaired) electrons. The minimum Gasteiger partial charge on any atom is -0.376 e. The molecule has 132 valence electrons. The molecule has 1 amide bonds. The highest BCUT2D eigenvalue weighted by Crippen LogP contribution is 2.12.